The second-order valence-electron chi connectivity index (χ2n) is 9.17. The van der Waals surface area contributed by atoms with E-state index in [4.69, 9.17) is 0 Å². The normalized spacial score (nSPS) is 16.7. The SMILES string of the molecule is O=C(c1cccc(Cn2ccnc2)c1)N1CCN(Cc2ccccc2)C[C@H](Cc2cnccn2)C1. The van der Waals surface area contributed by atoms with Crippen molar-refractivity contribution in [2.75, 3.05) is 26.2 Å². The minimum atomic E-state index is 0.0863. The average Bonchev–Trinajstić information content (AvgIpc) is 3.32. The lowest BCUT2D eigenvalue weighted by atomic mass is 10.0. The van der Waals surface area contributed by atoms with E-state index in [1.165, 1.54) is 5.56 Å². The molecule has 3 heterocycles. The van der Waals surface area contributed by atoms with Crippen LogP contribution in [0.5, 0.6) is 0 Å². The summed E-state index contributed by atoms with van der Waals surface area (Å²) >= 11 is 0. The third-order valence-corrected chi connectivity index (χ3v) is 6.43. The summed E-state index contributed by atoms with van der Waals surface area (Å²) in [5.41, 5.74) is 4.08. The topological polar surface area (TPSA) is 67.2 Å². The molecule has 1 aliphatic rings. The number of amides is 1. The van der Waals surface area contributed by atoms with Crippen LogP contribution in [0.15, 0.2) is 91.9 Å². The fraction of sp³-hybridized carbons (Fsp3) is 0.286. The van der Waals surface area contributed by atoms with Crippen LogP contribution in [0, 0.1) is 5.92 Å². The van der Waals surface area contributed by atoms with E-state index in [2.05, 4.69) is 50.2 Å². The molecule has 5 rings (SSSR count). The van der Waals surface area contributed by atoms with Crippen LogP contribution in [0.1, 0.15) is 27.2 Å². The first-order valence-electron chi connectivity index (χ1n) is 12.1. The maximum absolute atomic E-state index is 13.6. The Bertz CT molecular complexity index is 1210. The summed E-state index contributed by atoms with van der Waals surface area (Å²) in [5.74, 6) is 0.360. The number of imidazole rings is 1. The molecule has 0 unspecified atom stereocenters. The molecule has 0 saturated carbocycles. The molecule has 0 N–H and O–H groups in total. The number of nitrogens with zero attached hydrogens (tertiary/aromatic N) is 6. The highest BCUT2D eigenvalue weighted by Crippen LogP contribution is 2.19. The second kappa shape index (κ2) is 11.1. The molecule has 1 atom stereocenters. The minimum absolute atomic E-state index is 0.0863. The van der Waals surface area contributed by atoms with Crippen LogP contribution >= 0.6 is 0 Å². The molecule has 7 nitrogen and oxygen atoms in total. The molecule has 1 saturated heterocycles. The van der Waals surface area contributed by atoms with E-state index in [0.717, 1.165) is 42.9 Å². The van der Waals surface area contributed by atoms with Gasteiger partial charge < -0.3 is 9.47 Å². The van der Waals surface area contributed by atoms with Crippen LogP contribution in [0.3, 0.4) is 0 Å². The van der Waals surface area contributed by atoms with Crippen LogP contribution in [0.2, 0.25) is 0 Å². The Morgan fingerprint density at radius 2 is 1.77 bits per heavy atom. The molecule has 1 amide bonds. The Kier molecular flexibility index (Phi) is 7.24. The summed E-state index contributed by atoms with van der Waals surface area (Å²) in [7, 11) is 0. The quantitative estimate of drug-likeness (QED) is 0.417. The zero-order valence-electron chi connectivity index (χ0n) is 19.8. The molecule has 0 bridgehead atoms. The monoisotopic (exact) mass is 466 g/mol. The zero-order chi connectivity index (χ0) is 23.9. The highest BCUT2D eigenvalue weighted by atomic mass is 16.2. The van der Waals surface area contributed by atoms with E-state index < -0.39 is 0 Å². The second-order valence-corrected chi connectivity index (χ2v) is 9.17. The molecule has 0 radical (unpaired) electrons. The highest BCUT2D eigenvalue weighted by Gasteiger charge is 2.27. The van der Waals surface area contributed by atoms with Gasteiger partial charge in [-0.1, -0.05) is 42.5 Å². The van der Waals surface area contributed by atoms with E-state index in [0.29, 0.717) is 19.6 Å². The van der Waals surface area contributed by atoms with E-state index in [1.54, 1.807) is 24.9 Å². The van der Waals surface area contributed by atoms with Crippen molar-refractivity contribution in [3.8, 4) is 0 Å². The molecule has 1 fully saturated rings. The molecular formula is C28H30N6O. The lowest BCUT2D eigenvalue weighted by Crippen LogP contribution is -2.36. The molecule has 7 heteroatoms. The third-order valence-electron chi connectivity index (χ3n) is 6.43. The molecule has 4 aromatic rings. The third kappa shape index (κ3) is 6.19. The van der Waals surface area contributed by atoms with Gasteiger partial charge in [-0.05, 0) is 35.6 Å². The summed E-state index contributed by atoms with van der Waals surface area (Å²) in [4.78, 5) is 31.0. The van der Waals surface area contributed by atoms with Crippen molar-refractivity contribution in [1.29, 1.82) is 0 Å². The van der Waals surface area contributed by atoms with Gasteiger partial charge in [-0.2, -0.15) is 0 Å². The van der Waals surface area contributed by atoms with Gasteiger partial charge in [-0.15, -0.1) is 0 Å². The Morgan fingerprint density at radius 3 is 2.57 bits per heavy atom. The van der Waals surface area contributed by atoms with Gasteiger partial charge in [0.15, 0.2) is 0 Å². The van der Waals surface area contributed by atoms with Crippen LogP contribution in [0.4, 0.5) is 0 Å². The predicted molar refractivity (Wildman–Crippen MR) is 135 cm³/mol. The average molecular weight is 467 g/mol. The number of rotatable bonds is 7. The van der Waals surface area contributed by atoms with Gasteiger partial charge in [0, 0.05) is 75.8 Å². The standard InChI is InChI=1S/C28H30N6O/c35-28(26-8-4-7-24(15-26)19-33-12-11-30-22-33)34-14-13-32(18-23-5-2-1-3-6-23)20-25(21-34)16-27-17-29-9-10-31-27/h1-12,15,17,22,25H,13-14,16,18-21H2/t25-/m0/s1. The summed E-state index contributed by atoms with van der Waals surface area (Å²) in [6.07, 6.45) is 11.6. The number of hydrogen-bond acceptors (Lipinski definition) is 5. The summed E-state index contributed by atoms with van der Waals surface area (Å²) < 4.78 is 2.01. The molecule has 1 aliphatic heterocycles. The first-order chi connectivity index (χ1) is 17.2. The lowest BCUT2D eigenvalue weighted by Gasteiger charge is -2.24. The fourth-order valence-electron chi connectivity index (χ4n) is 4.79. The first-order valence-corrected chi connectivity index (χ1v) is 12.1. The van der Waals surface area contributed by atoms with Crippen LogP contribution in [-0.4, -0.2) is 61.4 Å². The number of hydrogen-bond donors (Lipinski definition) is 0. The van der Waals surface area contributed by atoms with Gasteiger partial charge in [-0.25, -0.2) is 4.98 Å². The molecule has 2 aromatic carbocycles. The Morgan fingerprint density at radius 1 is 0.886 bits per heavy atom. The number of aromatic nitrogens is 4. The molecule has 0 spiro atoms. The van der Waals surface area contributed by atoms with Crippen molar-refractivity contribution >= 4 is 5.91 Å². The molecular weight excluding hydrogens is 436 g/mol. The van der Waals surface area contributed by atoms with Crippen molar-refractivity contribution in [2.24, 2.45) is 5.92 Å². The number of benzene rings is 2. The Balaban J connectivity index is 1.33. The van der Waals surface area contributed by atoms with Crippen LogP contribution in [-0.2, 0) is 19.5 Å². The van der Waals surface area contributed by atoms with Crippen molar-refractivity contribution in [1.82, 2.24) is 29.3 Å². The van der Waals surface area contributed by atoms with Gasteiger partial charge in [0.2, 0.25) is 0 Å². The Labute approximate surface area is 206 Å². The number of carbonyl (C=O) groups is 1. The van der Waals surface area contributed by atoms with Crippen LogP contribution < -0.4 is 0 Å². The molecule has 2 aromatic heterocycles. The van der Waals surface area contributed by atoms with Crippen molar-refractivity contribution < 1.29 is 4.79 Å². The predicted octanol–water partition coefficient (Wildman–Crippen LogP) is 3.54. The van der Waals surface area contributed by atoms with E-state index >= 15 is 0 Å². The van der Waals surface area contributed by atoms with Crippen molar-refractivity contribution in [2.45, 2.75) is 19.5 Å². The van der Waals surface area contributed by atoms with E-state index in [1.807, 2.05) is 46.1 Å². The first kappa shape index (κ1) is 22.9. The van der Waals surface area contributed by atoms with Crippen molar-refractivity contribution in [3.63, 3.8) is 0 Å². The maximum Gasteiger partial charge on any atom is 0.253 e. The van der Waals surface area contributed by atoms with Crippen molar-refractivity contribution in [3.05, 3.63) is 114 Å². The van der Waals surface area contributed by atoms with Gasteiger partial charge in [-0.3, -0.25) is 19.7 Å². The lowest BCUT2D eigenvalue weighted by molar-refractivity contribution is 0.0745. The number of carbonyl (C=O) groups excluding carboxylic acids is 1. The zero-order valence-corrected chi connectivity index (χ0v) is 19.8. The van der Waals surface area contributed by atoms with E-state index in [9.17, 15) is 4.79 Å². The summed E-state index contributed by atoms with van der Waals surface area (Å²) in [6, 6.07) is 18.5. The smallest absolute Gasteiger partial charge is 0.253 e. The van der Waals surface area contributed by atoms with Gasteiger partial charge in [0.1, 0.15) is 0 Å². The van der Waals surface area contributed by atoms with Gasteiger partial charge in [0.25, 0.3) is 5.91 Å². The van der Waals surface area contributed by atoms with Crippen LogP contribution in [0.25, 0.3) is 0 Å². The maximum atomic E-state index is 13.6. The summed E-state index contributed by atoms with van der Waals surface area (Å²) in [5, 5.41) is 0. The molecule has 35 heavy (non-hydrogen) atoms. The molecule has 178 valence electrons. The minimum Gasteiger partial charge on any atom is -0.337 e. The van der Waals surface area contributed by atoms with Gasteiger partial charge >= 0.3 is 0 Å². The van der Waals surface area contributed by atoms with Gasteiger partial charge in [0.05, 0.1) is 12.0 Å². The molecule has 0 aliphatic carbocycles. The Hall–Kier alpha value is -3.84. The van der Waals surface area contributed by atoms with E-state index in [-0.39, 0.29) is 11.8 Å². The fourth-order valence-corrected chi connectivity index (χ4v) is 4.79. The highest BCUT2D eigenvalue weighted by molar-refractivity contribution is 5.94. The largest absolute Gasteiger partial charge is 0.337 e. The summed E-state index contributed by atoms with van der Waals surface area (Å²) in [6.45, 7) is 4.73.